The van der Waals surface area contributed by atoms with Crippen molar-refractivity contribution < 1.29 is 0 Å². The Bertz CT molecular complexity index is 578. The number of hydrogen-bond donors (Lipinski definition) is 1. The molecule has 0 aliphatic carbocycles. The lowest BCUT2D eigenvalue weighted by Crippen LogP contribution is -2.30. The normalized spacial score (nSPS) is 16.2. The third-order valence-corrected chi connectivity index (χ3v) is 3.80. The first-order valence-corrected chi connectivity index (χ1v) is 7.01. The van der Waals surface area contributed by atoms with Gasteiger partial charge in [-0.3, -0.25) is 0 Å². The van der Waals surface area contributed by atoms with Crippen LogP contribution in [0.25, 0.3) is 10.9 Å². The average Bonchev–Trinajstić information content (AvgIpc) is 2.39. The monoisotopic (exact) mass is 306 g/mol. The van der Waals surface area contributed by atoms with Crippen molar-refractivity contribution in [3.8, 4) is 0 Å². The van der Waals surface area contributed by atoms with E-state index < -0.39 is 0 Å². The molecule has 0 saturated carbocycles. The summed E-state index contributed by atoms with van der Waals surface area (Å²) in [4.78, 5) is 11.0. The Morgan fingerprint density at radius 2 is 1.89 bits per heavy atom. The van der Waals surface area contributed by atoms with Crippen LogP contribution in [-0.4, -0.2) is 23.1 Å². The molecule has 18 heavy (non-hydrogen) atoms. The second-order valence-corrected chi connectivity index (χ2v) is 5.53. The largest absolute Gasteiger partial charge is 0.368 e. The van der Waals surface area contributed by atoms with E-state index >= 15 is 0 Å². The summed E-state index contributed by atoms with van der Waals surface area (Å²) in [5.41, 5.74) is 6.72. The summed E-state index contributed by atoms with van der Waals surface area (Å²) in [6.07, 6.45) is 3.75. The highest BCUT2D eigenvalue weighted by Crippen LogP contribution is 2.29. The number of aromatic nitrogens is 2. The summed E-state index contributed by atoms with van der Waals surface area (Å²) < 4.78 is 1.04. The molecule has 1 aromatic carbocycles. The smallest absolute Gasteiger partial charge is 0.222 e. The molecule has 0 radical (unpaired) electrons. The first kappa shape index (κ1) is 11.7. The number of halogens is 1. The fourth-order valence-corrected chi connectivity index (χ4v) is 2.81. The standard InChI is InChI=1S/C13H15BrN4/c14-9-4-5-11-10(8-9)12(17-13(15)16-11)18-6-2-1-3-7-18/h4-5,8H,1-3,6-7H2,(H2,15,16,17). The van der Waals surface area contributed by atoms with Crippen LogP contribution in [-0.2, 0) is 0 Å². The quantitative estimate of drug-likeness (QED) is 0.880. The molecule has 1 aliphatic rings. The molecular weight excluding hydrogens is 292 g/mol. The molecule has 1 aliphatic heterocycles. The molecule has 0 spiro atoms. The Labute approximate surface area is 114 Å². The van der Waals surface area contributed by atoms with E-state index in [1.165, 1.54) is 19.3 Å². The van der Waals surface area contributed by atoms with Gasteiger partial charge in [-0.25, -0.2) is 4.98 Å². The highest BCUT2D eigenvalue weighted by molar-refractivity contribution is 9.10. The Morgan fingerprint density at radius 3 is 2.67 bits per heavy atom. The van der Waals surface area contributed by atoms with Crippen LogP contribution in [0.3, 0.4) is 0 Å². The van der Waals surface area contributed by atoms with Gasteiger partial charge in [0.05, 0.1) is 5.52 Å². The van der Waals surface area contributed by atoms with Gasteiger partial charge in [-0.1, -0.05) is 15.9 Å². The lowest BCUT2D eigenvalue weighted by atomic mass is 10.1. The second-order valence-electron chi connectivity index (χ2n) is 4.61. The van der Waals surface area contributed by atoms with Crippen LogP contribution >= 0.6 is 15.9 Å². The van der Waals surface area contributed by atoms with Gasteiger partial charge in [0.15, 0.2) is 0 Å². The van der Waals surface area contributed by atoms with E-state index in [4.69, 9.17) is 5.73 Å². The zero-order valence-corrected chi connectivity index (χ0v) is 11.7. The third-order valence-electron chi connectivity index (χ3n) is 3.31. The molecule has 2 aromatic rings. The van der Waals surface area contributed by atoms with E-state index in [2.05, 4.69) is 36.9 Å². The van der Waals surface area contributed by atoms with E-state index in [-0.39, 0.29) is 0 Å². The summed E-state index contributed by atoms with van der Waals surface area (Å²) in [6, 6.07) is 6.03. The number of hydrogen-bond acceptors (Lipinski definition) is 4. The van der Waals surface area contributed by atoms with Crippen LogP contribution in [0.1, 0.15) is 19.3 Å². The van der Waals surface area contributed by atoms with Gasteiger partial charge in [0.1, 0.15) is 5.82 Å². The highest BCUT2D eigenvalue weighted by Gasteiger charge is 2.16. The SMILES string of the molecule is Nc1nc(N2CCCCC2)c2cc(Br)ccc2n1. The van der Waals surface area contributed by atoms with E-state index in [0.29, 0.717) is 5.95 Å². The van der Waals surface area contributed by atoms with Gasteiger partial charge in [-0.15, -0.1) is 0 Å². The van der Waals surface area contributed by atoms with Gasteiger partial charge in [-0.2, -0.15) is 4.98 Å². The maximum atomic E-state index is 5.81. The van der Waals surface area contributed by atoms with E-state index in [1.54, 1.807) is 0 Å². The molecule has 94 valence electrons. The van der Waals surface area contributed by atoms with E-state index in [0.717, 1.165) is 34.3 Å². The minimum Gasteiger partial charge on any atom is -0.368 e. The molecule has 1 aromatic heterocycles. The van der Waals surface area contributed by atoms with Crippen molar-refractivity contribution in [2.24, 2.45) is 0 Å². The van der Waals surface area contributed by atoms with E-state index in [1.807, 2.05) is 12.1 Å². The summed E-state index contributed by atoms with van der Waals surface area (Å²) >= 11 is 3.50. The van der Waals surface area contributed by atoms with Gasteiger partial charge in [0.25, 0.3) is 0 Å². The average molecular weight is 307 g/mol. The molecule has 0 unspecified atom stereocenters. The van der Waals surface area contributed by atoms with Crippen molar-refractivity contribution in [2.75, 3.05) is 23.7 Å². The fraction of sp³-hybridized carbons (Fsp3) is 0.385. The zero-order chi connectivity index (χ0) is 12.5. The summed E-state index contributed by atoms with van der Waals surface area (Å²) in [7, 11) is 0. The Morgan fingerprint density at radius 1 is 1.11 bits per heavy atom. The van der Waals surface area contributed by atoms with Crippen molar-refractivity contribution in [3.63, 3.8) is 0 Å². The van der Waals surface area contributed by atoms with E-state index in [9.17, 15) is 0 Å². The molecule has 4 nitrogen and oxygen atoms in total. The fourth-order valence-electron chi connectivity index (χ4n) is 2.45. The van der Waals surface area contributed by atoms with Gasteiger partial charge >= 0.3 is 0 Å². The predicted molar refractivity (Wildman–Crippen MR) is 77.7 cm³/mol. The second kappa shape index (κ2) is 4.72. The number of nitrogens with two attached hydrogens (primary N) is 1. The lowest BCUT2D eigenvalue weighted by molar-refractivity contribution is 0.575. The van der Waals surface area contributed by atoms with Gasteiger partial charge < -0.3 is 10.6 Å². The minimum absolute atomic E-state index is 0.352. The number of piperidine rings is 1. The van der Waals surface area contributed by atoms with Gasteiger partial charge in [0, 0.05) is 22.9 Å². The van der Waals surface area contributed by atoms with Crippen molar-refractivity contribution in [2.45, 2.75) is 19.3 Å². The number of fused-ring (bicyclic) bond motifs is 1. The van der Waals surface area contributed by atoms with Crippen molar-refractivity contribution in [1.29, 1.82) is 0 Å². The molecular formula is C13H15BrN4. The van der Waals surface area contributed by atoms with Crippen LogP contribution in [0.5, 0.6) is 0 Å². The van der Waals surface area contributed by atoms with Crippen LogP contribution in [0, 0.1) is 0 Å². The maximum absolute atomic E-state index is 5.81. The van der Waals surface area contributed by atoms with Crippen molar-refractivity contribution in [3.05, 3.63) is 22.7 Å². The summed E-state index contributed by atoms with van der Waals surface area (Å²) in [5, 5.41) is 1.07. The lowest BCUT2D eigenvalue weighted by Gasteiger charge is -2.28. The molecule has 5 heteroatoms. The van der Waals surface area contributed by atoms with Crippen molar-refractivity contribution in [1.82, 2.24) is 9.97 Å². The number of anilines is 2. The predicted octanol–water partition coefficient (Wildman–Crippen LogP) is 2.96. The molecule has 0 atom stereocenters. The molecule has 0 amide bonds. The summed E-state index contributed by atoms with van der Waals surface area (Å²) in [6.45, 7) is 2.11. The Balaban J connectivity index is 2.16. The number of benzene rings is 1. The topological polar surface area (TPSA) is 55.0 Å². The van der Waals surface area contributed by atoms with Crippen LogP contribution in [0.15, 0.2) is 22.7 Å². The molecule has 3 rings (SSSR count). The minimum atomic E-state index is 0.352. The third kappa shape index (κ3) is 2.14. The molecule has 1 saturated heterocycles. The van der Waals surface area contributed by atoms with Gasteiger partial charge in [0.2, 0.25) is 5.95 Å². The molecule has 1 fully saturated rings. The number of rotatable bonds is 1. The number of nitrogen functional groups attached to an aromatic ring is 1. The zero-order valence-electron chi connectivity index (χ0n) is 10.1. The number of nitrogens with zero attached hydrogens (tertiary/aromatic N) is 3. The van der Waals surface area contributed by atoms with Crippen LogP contribution in [0.4, 0.5) is 11.8 Å². The first-order valence-electron chi connectivity index (χ1n) is 6.22. The van der Waals surface area contributed by atoms with Crippen molar-refractivity contribution >= 4 is 38.6 Å². The molecule has 2 heterocycles. The van der Waals surface area contributed by atoms with Gasteiger partial charge in [-0.05, 0) is 37.5 Å². The highest BCUT2D eigenvalue weighted by atomic mass is 79.9. The molecule has 2 N–H and O–H groups in total. The first-order chi connectivity index (χ1) is 8.74. The van der Waals surface area contributed by atoms with Crippen LogP contribution in [0.2, 0.25) is 0 Å². The Hall–Kier alpha value is -1.36. The van der Waals surface area contributed by atoms with Crippen LogP contribution < -0.4 is 10.6 Å². The molecule has 0 bridgehead atoms. The Kier molecular flexibility index (Phi) is 3.07. The summed E-state index contributed by atoms with van der Waals surface area (Å²) in [5.74, 6) is 1.32. The maximum Gasteiger partial charge on any atom is 0.222 e.